The van der Waals surface area contributed by atoms with Gasteiger partial charge in [0.15, 0.2) is 0 Å². The molecule has 6 atom stereocenters. The maximum atomic E-state index is 10.7. The lowest BCUT2D eigenvalue weighted by Gasteiger charge is -2.19. The summed E-state index contributed by atoms with van der Waals surface area (Å²) in [6.07, 6.45) is 10.0. The minimum absolute atomic E-state index is 0.0204. The number of aliphatic hydroxyl groups is 2. The number of ether oxygens (including phenoxy) is 1. The Hall–Kier alpha value is -1.80. The molecule has 3 N–H and O–H groups in total. The Morgan fingerprint density at radius 1 is 1.25 bits per heavy atom. The molecule has 0 amide bonds. The number of aryl methyl sites for hydroxylation is 1. The summed E-state index contributed by atoms with van der Waals surface area (Å²) in [6.45, 7) is 8.23. The van der Waals surface area contributed by atoms with Crippen LogP contribution in [-0.4, -0.2) is 41.6 Å². The first kappa shape index (κ1) is 24.8. The molecule has 1 aromatic carbocycles. The Bertz CT molecular complexity index is 809. The topological polar surface area (TPSA) is 61.7 Å². The van der Waals surface area contributed by atoms with Gasteiger partial charge in [0, 0.05) is 30.2 Å². The Balaban J connectivity index is 1.62. The third-order valence-corrected chi connectivity index (χ3v) is 6.96. The van der Waals surface area contributed by atoms with Crippen molar-refractivity contribution in [1.29, 1.82) is 0 Å². The van der Waals surface area contributed by atoms with Crippen molar-refractivity contribution < 1.29 is 14.9 Å². The predicted molar refractivity (Wildman–Crippen MR) is 131 cm³/mol. The Morgan fingerprint density at radius 3 is 2.84 bits per heavy atom. The first-order valence-corrected chi connectivity index (χ1v) is 12.5. The molecule has 1 fully saturated rings. The number of para-hydroxylation sites is 1. The van der Waals surface area contributed by atoms with Crippen molar-refractivity contribution in [1.82, 2.24) is 5.32 Å². The van der Waals surface area contributed by atoms with Crippen LogP contribution in [0.5, 0.6) is 5.75 Å². The van der Waals surface area contributed by atoms with Crippen LogP contribution in [0, 0.1) is 23.7 Å². The molecule has 4 heteroatoms. The molecule has 1 saturated carbocycles. The highest BCUT2D eigenvalue weighted by molar-refractivity contribution is 5.49. The van der Waals surface area contributed by atoms with Gasteiger partial charge in [-0.2, -0.15) is 0 Å². The van der Waals surface area contributed by atoms with Crippen molar-refractivity contribution in [3.8, 4) is 17.6 Å². The van der Waals surface area contributed by atoms with E-state index in [0.717, 1.165) is 31.7 Å². The first-order chi connectivity index (χ1) is 15.6. The van der Waals surface area contributed by atoms with E-state index in [0.29, 0.717) is 12.8 Å². The monoisotopic (exact) mass is 439 g/mol. The van der Waals surface area contributed by atoms with Crippen molar-refractivity contribution in [3.05, 3.63) is 41.5 Å². The van der Waals surface area contributed by atoms with E-state index in [4.69, 9.17) is 4.74 Å². The molecule has 1 aromatic rings. The van der Waals surface area contributed by atoms with E-state index in [2.05, 4.69) is 42.3 Å². The number of aliphatic hydroxyl groups excluding tert-OH is 2. The molecule has 4 nitrogen and oxygen atoms in total. The van der Waals surface area contributed by atoms with Crippen LogP contribution in [0.15, 0.2) is 30.4 Å². The van der Waals surface area contributed by atoms with Gasteiger partial charge in [-0.3, -0.25) is 0 Å². The third kappa shape index (κ3) is 6.16. The zero-order valence-electron chi connectivity index (χ0n) is 20.0. The summed E-state index contributed by atoms with van der Waals surface area (Å²) in [7, 11) is 0. The largest absolute Gasteiger partial charge is 0.489 e. The maximum absolute atomic E-state index is 10.7. The van der Waals surface area contributed by atoms with E-state index in [1.54, 1.807) is 0 Å². The van der Waals surface area contributed by atoms with Gasteiger partial charge in [0.2, 0.25) is 0 Å². The number of fused-ring (bicyclic) bond motifs is 3. The minimum atomic E-state index is -0.554. The molecule has 0 unspecified atom stereocenters. The molecular formula is C28H41NO3. The Labute approximate surface area is 194 Å². The highest BCUT2D eigenvalue weighted by Crippen LogP contribution is 2.52. The van der Waals surface area contributed by atoms with Crippen molar-refractivity contribution in [2.24, 2.45) is 11.8 Å². The fourth-order valence-corrected chi connectivity index (χ4v) is 4.97. The Kier molecular flexibility index (Phi) is 9.66. The number of hydrogen-bond acceptors (Lipinski definition) is 4. The lowest BCUT2D eigenvalue weighted by Crippen LogP contribution is -2.19. The van der Waals surface area contributed by atoms with Crippen molar-refractivity contribution in [3.63, 3.8) is 0 Å². The molecule has 32 heavy (non-hydrogen) atoms. The van der Waals surface area contributed by atoms with Crippen LogP contribution in [0.3, 0.4) is 0 Å². The van der Waals surface area contributed by atoms with Crippen LogP contribution in [0.1, 0.15) is 76.3 Å². The summed E-state index contributed by atoms with van der Waals surface area (Å²) in [5.74, 6) is 7.17. The Morgan fingerprint density at radius 2 is 2.06 bits per heavy atom. The molecule has 1 aliphatic carbocycles. The first-order valence-electron chi connectivity index (χ1n) is 12.5. The number of unbranched alkanes of at least 4 members (excludes halogenated alkanes) is 2. The van der Waals surface area contributed by atoms with Crippen LogP contribution in [0.4, 0.5) is 0 Å². The standard InChI is InChI=1S/C28H41NO3/c1-4-6-11-20(3)24(30)16-15-22-25(31)19-26-27(22)23-14-10-13-21(28(23)32-26)12-8-9-18-29-17-7-5-2/h10,13-16,20,22,24-27,29-31H,5,7-9,11-12,17-19H2,1-3H3/b16-15+/t20-,22-,24+,25+,26-,27-/m0/s1. The summed E-state index contributed by atoms with van der Waals surface area (Å²) < 4.78 is 6.39. The van der Waals surface area contributed by atoms with Crippen LogP contribution in [0.25, 0.3) is 0 Å². The smallest absolute Gasteiger partial charge is 0.126 e. The highest BCUT2D eigenvalue weighted by atomic mass is 16.5. The van der Waals surface area contributed by atoms with E-state index in [9.17, 15) is 10.2 Å². The molecule has 176 valence electrons. The second kappa shape index (κ2) is 12.4. The van der Waals surface area contributed by atoms with E-state index in [-0.39, 0.29) is 23.9 Å². The van der Waals surface area contributed by atoms with Gasteiger partial charge in [-0.15, -0.1) is 11.8 Å². The molecule has 1 aliphatic heterocycles. The van der Waals surface area contributed by atoms with Gasteiger partial charge in [0.05, 0.1) is 12.2 Å². The molecule has 2 aliphatic rings. The van der Waals surface area contributed by atoms with E-state index in [1.165, 1.54) is 30.4 Å². The SMILES string of the molecule is CC#CC[C@H](C)[C@H](O)/C=C/[C@@H]1[C@H]2c3cccc(CCCCNCCCC)c3O[C@H]2C[C@H]1O. The fraction of sp³-hybridized carbons (Fsp3) is 0.643. The number of hydrogen-bond donors (Lipinski definition) is 3. The van der Waals surface area contributed by atoms with Gasteiger partial charge >= 0.3 is 0 Å². The van der Waals surface area contributed by atoms with Crippen LogP contribution in [0.2, 0.25) is 0 Å². The molecule has 0 spiro atoms. The maximum Gasteiger partial charge on any atom is 0.126 e. The molecular weight excluding hydrogens is 398 g/mol. The van der Waals surface area contributed by atoms with Crippen LogP contribution in [-0.2, 0) is 6.42 Å². The summed E-state index contributed by atoms with van der Waals surface area (Å²) in [5.41, 5.74) is 2.51. The number of benzene rings is 1. The second-order valence-electron chi connectivity index (χ2n) is 9.44. The van der Waals surface area contributed by atoms with Gasteiger partial charge in [-0.1, -0.05) is 50.6 Å². The summed E-state index contributed by atoms with van der Waals surface area (Å²) in [4.78, 5) is 0. The molecule has 0 aromatic heterocycles. The molecule has 0 radical (unpaired) electrons. The lowest BCUT2D eigenvalue weighted by atomic mass is 9.86. The van der Waals surface area contributed by atoms with Crippen molar-refractivity contribution in [2.75, 3.05) is 13.1 Å². The van der Waals surface area contributed by atoms with E-state index >= 15 is 0 Å². The van der Waals surface area contributed by atoms with E-state index in [1.807, 2.05) is 26.0 Å². The fourth-order valence-electron chi connectivity index (χ4n) is 4.97. The quantitative estimate of drug-likeness (QED) is 0.253. The third-order valence-electron chi connectivity index (χ3n) is 6.96. The second-order valence-corrected chi connectivity index (χ2v) is 9.44. The number of rotatable bonds is 12. The molecule has 3 rings (SSSR count). The molecule has 0 saturated heterocycles. The van der Waals surface area contributed by atoms with Crippen LogP contribution >= 0.6 is 0 Å². The summed E-state index contributed by atoms with van der Waals surface area (Å²) in [6, 6.07) is 6.47. The normalized spacial score (nSPS) is 25.7. The van der Waals surface area contributed by atoms with Gasteiger partial charge in [-0.05, 0) is 57.2 Å². The summed E-state index contributed by atoms with van der Waals surface area (Å²) in [5, 5.41) is 24.7. The molecule has 0 bridgehead atoms. The van der Waals surface area contributed by atoms with Crippen molar-refractivity contribution >= 4 is 0 Å². The zero-order valence-corrected chi connectivity index (χ0v) is 20.0. The van der Waals surface area contributed by atoms with Gasteiger partial charge in [0.1, 0.15) is 11.9 Å². The van der Waals surface area contributed by atoms with Crippen LogP contribution < -0.4 is 10.1 Å². The van der Waals surface area contributed by atoms with Gasteiger partial charge in [-0.25, -0.2) is 0 Å². The average Bonchev–Trinajstić information content (AvgIpc) is 3.30. The average molecular weight is 440 g/mol. The minimum Gasteiger partial charge on any atom is -0.489 e. The van der Waals surface area contributed by atoms with E-state index < -0.39 is 12.2 Å². The van der Waals surface area contributed by atoms with Crippen molar-refractivity contribution in [2.45, 2.75) is 89.9 Å². The van der Waals surface area contributed by atoms with Gasteiger partial charge < -0.3 is 20.3 Å². The van der Waals surface area contributed by atoms with Gasteiger partial charge in [0.25, 0.3) is 0 Å². The number of nitrogens with one attached hydrogen (secondary N) is 1. The molecule has 1 heterocycles. The lowest BCUT2D eigenvalue weighted by molar-refractivity contribution is 0.134. The summed E-state index contributed by atoms with van der Waals surface area (Å²) >= 11 is 0. The zero-order chi connectivity index (χ0) is 22.9. The predicted octanol–water partition coefficient (Wildman–Crippen LogP) is 4.59. The highest BCUT2D eigenvalue weighted by Gasteiger charge is 2.48.